The third-order valence-corrected chi connectivity index (χ3v) is 6.47. The largest absolute Gasteiger partial charge is 0.325 e. The molecule has 1 unspecified atom stereocenters. The van der Waals surface area contributed by atoms with Crippen LogP contribution in [0.25, 0.3) is 22.5 Å². The molecule has 2 heterocycles. The Morgan fingerprint density at radius 1 is 1.00 bits per heavy atom. The molecule has 0 aliphatic heterocycles. The Balaban J connectivity index is 1.35. The minimum absolute atomic E-state index is 0.0633. The summed E-state index contributed by atoms with van der Waals surface area (Å²) in [5, 5.41) is 12.4. The second kappa shape index (κ2) is 8.96. The van der Waals surface area contributed by atoms with E-state index in [0.717, 1.165) is 46.2 Å². The summed E-state index contributed by atoms with van der Waals surface area (Å²) in [6.45, 7) is 1.90. The van der Waals surface area contributed by atoms with Crippen LogP contribution in [0.1, 0.15) is 25.8 Å². The maximum atomic E-state index is 13.1. The molecule has 0 bridgehead atoms. The molecule has 0 radical (unpaired) electrons. The fraction of sp³-hybridized carbons (Fsp3) is 0.200. The molecule has 1 fully saturated rings. The van der Waals surface area contributed by atoms with Gasteiger partial charge in [0.15, 0.2) is 11.0 Å². The van der Waals surface area contributed by atoms with Crippen molar-refractivity contribution in [2.45, 2.75) is 36.2 Å². The number of amides is 1. The van der Waals surface area contributed by atoms with Crippen molar-refractivity contribution < 1.29 is 4.79 Å². The van der Waals surface area contributed by atoms with E-state index in [1.165, 1.54) is 11.8 Å². The van der Waals surface area contributed by atoms with Gasteiger partial charge < -0.3 is 5.32 Å². The van der Waals surface area contributed by atoms with Gasteiger partial charge in [0.2, 0.25) is 5.91 Å². The Labute approximate surface area is 191 Å². The molecular formula is C25H23N5OS. The van der Waals surface area contributed by atoms with Crippen molar-refractivity contribution in [2.75, 3.05) is 5.32 Å². The second-order valence-electron chi connectivity index (χ2n) is 7.81. The van der Waals surface area contributed by atoms with Crippen molar-refractivity contribution in [1.29, 1.82) is 0 Å². The number of carbonyl (C=O) groups is 1. The van der Waals surface area contributed by atoms with Crippen LogP contribution in [0.4, 0.5) is 5.69 Å². The number of pyridine rings is 1. The summed E-state index contributed by atoms with van der Waals surface area (Å²) in [5.41, 5.74) is 3.81. The summed E-state index contributed by atoms with van der Waals surface area (Å²) in [4.78, 5) is 17.3. The van der Waals surface area contributed by atoms with Crippen molar-refractivity contribution in [3.05, 3.63) is 79.1 Å². The summed E-state index contributed by atoms with van der Waals surface area (Å²) in [5.74, 6) is 0.747. The zero-order chi connectivity index (χ0) is 21.9. The van der Waals surface area contributed by atoms with Gasteiger partial charge in [0.25, 0.3) is 0 Å². The molecular weight excluding hydrogens is 418 g/mol. The Kier molecular flexibility index (Phi) is 5.73. The molecule has 1 amide bonds. The van der Waals surface area contributed by atoms with Crippen LogP contribution in [0.5, 0.6) is 0 Å². The number of nitrogens with zero attached hydrogens (tertiary/aromatic N) is 4. The number of hydrogen-bond donors (Lipinski definition) is 1. The molecule has 2 aromatic carbocycles. The van der Waals surface area contributed by atoms with Gasteiger partial charge in [-0.2, -0.15) is 0 Å². The summed E-state index contributed by atoms with van der Waals surface area (Å²) in [6.07, 6.45) is 5.75. The average molecular weight is 442 g/mol. The lowest BCUT2D eigenvalue weighted by Crippen LogP contribution is -2.23. The number of rotatable bonds is 7. The van der Waals surface area contributed by atoms with Crippen molar-refractivity contribution in [3.8, 4) is 22.5 Å². The minimum atomic E-state index is -0.331. The van der Waals surface area contributed by atoms with E-state index in [-0.39, 0.29) is 11.2 Å². The minimum Gasteiger partial charge on any atom is -0.325 e. The van der Waals surface area contributed by atoms with Crippen LogP contribution in [0.2, 0.25) is 0 Å². The van der Waals surface area contributed by atoms with Gasteiger partial charge in [-0.3, -0.25) is 14.3 Å². The summed E-state index contributed by atoms with van der Waals surface area (Å²) in [7, 11) is 0. The van der Waals surface area contributed by atoms with Gasteiger partial charge >= 0.3 is 0 Å². The fourth-order valence-electron chi connectivity index (χ4n) is 3.62. The molecule has 1 aliphatic rings. The van der Waals surface area contributed by atoms with Gasteiger partial charge in [-0.05, 0) is 43.5 Å². The summed E-state index contributed by atoms with van der Waals surface area (Å²) in [6, 6.07) is 22.2. The number of thioether (sulfide) groups is 1. The second-order valence-corrected chi connectivity index (χ2v) is 9.12. The van der Waals surface area contributed by atoms with Crippen molar-refractivity contribution in [2.24, 2.45) is 0 Å². The highest BCUT2D eigenvalue weighted by atomic mass is 32.2. The number of anilines is 1. The first-order chi connectivity index (χ1) is 15.7. The maximum Gasteiger partial charge on any atom is 0.237 e. The first-order valence-corrected chi connectivity index (χ1v) is 11.6. The molecule has 1 atom stereocenters. The van der Waals surface area contributed by atoms with Crippen LogP contribution in [0.15, 0.2) is 84.3 Å². The topological polar surface area (TPSA) is 72.7 Å². The molecule has 5 rings (SSSR count). The van der Waals surface area contributed by atoms with Crippen molar-refractivity contribution in [3.63, 3.8) is 0 Å². The van der Waals surface area contributed by atoms with Crippen LogP contribution in [-0.2, 0) is 4.79 Å². The van der Waals surface area contributed by atoms with Crippen LogP contribution < -0.4 is 5.32 Å². The normalized spacial score (nSPS) is 14.2. The molecule has 0 saturated heterocycles. The lowest BCUT2D eigenvalue weighted by atomic mass is 10.0. The third-order valence-electron chi connectivity index (χ3n) is 5.42. The van der Waals surface area contributed by atoms with E-state index >= 15 is 0 Å². The highest BCUT2D eigenvalue weighted by Gasteiger charge is 2.31. The predicted molar refractivity (Wildman–Crippen MR) is 127 cm³/mol. The van der Waals surface area contributed by atoms with Gasteiger partial charge in [0, 0.05) is 35.2 Å². The molecule has 1 saturated carbocycles. The third kappa shape index (κ3) is 4.29. The van der Waals surface area contributed by atoms with Crippen LogP contribution in [-0.4, -0.2) is 30.9 Å². The van der Waals surface area contributed by atoms with E-state index in [9.17, 15) is 4.79 Å². The Bertz CT molecular complexity index is 1220. The Morgan fingerprint density at radius 2 is 1.75 bits per heavy atom. The van der Waals surface area contributed by atoms with Gasteiger partial charge in [0.1, 0.15) is 0 Å². The molecule has 7 heteroatoms. The molecule has 1 N–H and O–H groups in total. The van der Waals surface area contributed by atoms with E-state index in [2.05, 4.69) is 25.1 Å². The van der Waals surface area contributed by atoms with Crippen LogP contribution in [0, 0.1) is 0 Å². The van der Waals surface area contributed by atoms with Crippen LogP contribution >= 0.6 is 11.8 Å². The number of benzene rings is 2. The van der Waals surface area contributed by atoms with E-state index < -0.39 is 0 Å². The lowest BCUT2D eigenvalue weighted by Gasteiger charge is -2.15. The number of nitrogens with one attached hydrogen (secondary N) is 1. The van der Waals surface area contributed by atoms with Gasteiger partial charge in [0.05, 0.1) is 5.25 Å². The van der Waals surface area contributed by atoms with Crippen molar-refractivity contribution >= 4 is 23.4 Å². The molecule has 160 valence electrons. The summed E-state index contributed by atoms with van der Waals surface area (Å²) < 4.78 is 2.16. The zero-order valence-corrected chi connectivity index (χ0v) is 18.5. The van der Waals surface area contributed by atoms with E-state index in [0.29, 0.717) is 6.04 Å². The number of hydrogen-bond acceptors (Lipinski definition) is 5. The smallest absolute Gasteiger partial charge is 0.237 e. The van der Waals surface area contributed by atoms with Gasteiger partial charge in [-0.1, -0.05) is 60.3 Å². The number of aromatic nitrogens is 4. The maximum absolute atomic E-state index is 13.1. The lowest BCUT2D eigenvalue weighted by molar-refractivity contribution is -0.115. The monoisotopic (exact) mass is 441 g/mol. The quantitative estimate of drug-likeness (QED) is 0.386. The Hall–Kier alpha value is -3.45. The predicted octanol–water partition coefficient (Wildman–Crippen LogP) is 5.46. The highest BCUT2D eigenvalue weighted by molar-refractivity contribution is 8.00. The average Bonchev–Trinajstić information content (AvgIpc) is 3.60. The SMILES string of the molecule is CC(Sc1nnc(-c2cccnc2)n1C1CC1)C(=O)Nc1ccccc1-c1ccccc1. The summed E-state index contributed by atoms with van der Waals surface area (Å²) >= 11 is 1.44. The van der Waals surface area contributed by atoms with Crippen LogP contribution in [0.3, 0.4) is 0 Å². The molecule has 6 nitrogen and oxygen atoms in total. The fourth-order valence-corrected chi connectivity index (χ4v) is 4.54. The van der Waals surface area contributed by atoms with Gasteiger partial charge in [-0.25, -0.2) is 0 Å². The van der Waals surface area contributed by atoms with E-state index in [1.807, 2.05) is 73.7 Å². The van der Waals surface area contributed by atoms with Crippen molar-refractivity contribution in [1.82, 2.24) is 19.7 Å². The molecule has 1 aliphatic carbocycles. The molecule has 2 aromatic heterocycles. The molecule has 32 heavy (non-hydrogen) atoms. The van der Waals surface area contributed by atoms with E-state index in [4.69, 9.17) is 0 Å². The number of para-hydroxylation sites is 1. The van der Waals surface area contributed by atoms with E-state index in [1.54, 1.807) is 12.4 Å². The standard InChI is InChI=1S/C25H23N5OS/c1-17(24(31)27-22-12-6-5-11-21(22)18-8-3-2-4-9-18)32-25-29-28-23(30(25)20-13-14-20)19-10-7-15-26-16-19/h2-12,15-17,20H,13-14H2,1H3,(H,27,31). The Morgan fingerprint density at radius 3 is 2.50 bits per heavy atom. The molecule has 0 spiro atoms. The zero-order valence-electron chi connectivity index (χ0n) is 17.7. The first-order valence-electron chi connectivity index (χ1n) is 10.7. The highest BCUT2D eigenvalue weighted by Crippen LogP contribution is 2.41. The molecule has 4 aromatic rings. The first kappa shape index (κ1) is 20.5. The van der Waals surface area contributed by atoms with Gasteiger partial charge in [-0.15, -0.1) is 10.2 Å². The number of carbonyl (C=O) groups excluding carboxylic acids is 1.